The smallest absolute Gasteiger partial charge is 0.139 e. The Balaban J connectivity index is 2.03. The molecule has 0 spiro atoms. The molecule has 0 saturated heterocycles. The lowest BCUT2D eigenvalue weighted by atomic mass is 9.89. The van der Waals surface area contributed by atoms with Gasteiger partial charge in [-0.2, -0.15) is 5.14 Å². The van der Waals surface area contributed by atoms with Crippen molar-refractivity contribution in [1.82, 2.24) is 15.0 Å². The van der Waals surface area contributed by atoms with Gasteiger partial charge >= 0.3 is 0 Å². The van der Waals surface area contributed by atoms with Gasteiger partial charge < -0.3 is 4.55 Å². The van der Waals surface area contributed by atoms with Gasteiger partial charge in [-0.05, 0) is 50.8 Å². The molecular weight excluding hydrogens is 376 g/mol. The zero-order valence-corrected chi connectivity index (χ0v) is 15.9. The van der Waals surface area contributed by atoms with E-state index in [1.165, 1.54) is 11.1 Å². The number of nitrogens with two attached hydrogens (primary N) is 1. The Bertz CT molecular complexity index is 729. The molecule has 0 saturated carbocycles. The molecular formula is C16H21BrN4OS. The molecule has 2 unspecified atom stereocenters. The van der Waals surface area contributed by atoms with E-state index in [0.717, 1.165) is 35.2 Å². The van der Waals surface area contributed by atoms with Crippen LogP contribution < -0.4 is 5.14 Å². The van der Waals surface area contributed by atoms with E-state index in [4.69, 9.17) is 5.14 Å². The number of hydrogen-bond acceptors (Lipinski definition) is 4. The maximum atomic E-state index is 11.8. The summed E-state index contributed by atoms with van der Waals surface area (Å²) in [6, 6.07) is 6.34. The minimum Gasteiger partial charge on any atom is -0.598 e. The molecule has 0 radical (unpaired) electrons. The first-order valence-electron chi connectivity index (χ1n) is 7.63. The third kappa shape index (κ3) is 3.33. The van der Waals surface area contributed by atoms with E-state index < -0.39 is 16.1 Å². The third-order valence-corrected chi connectivity index (χ3v) is 6.24. The molecule has 0 fully saturated rings. The van der Waals surface area contributed by atoms with Gasteiger partial charge in [-0.25, -0.2) is 4.68 Å². The Morgan fingerprint density at radius 1 is 1.48 bits per heavy atom. The summed E-state index contributed by atoms with van der Waals surface area (Å²) in [5.74, 6) is 0.313. The number of nitrogens with zero attached hydrogens (tertiary/aromatic N) is 3. The second-order valence-electron chi connectivity index (χ2n) is 6.84. The van der Waals surface area contributed by atoms with Crippen molar-refractivity contribution in [2.75, 3.05) is 0 Å². The van der Waals surface area contributed by atoms with Gasteiger partial charge in [0.2, 0.25) is 0 Å². The van der Waals surface area contributed by atoms with Gasteiger partial charge in [-0.1, -0.05) is 27.2 Å². The van der Waals surface area contributed by atoms with E-state index in [2.05, 4.69) is 44.4 Å². The van der Waals surface area contributed by atoms with Crippen molar-refractivity contribution in [1.29, 1.82) is 0 Å². The van der Waals surface area contributed by atoms with E-state index >= 15 is 0 Å². The van der Waals surface area contributed by atoms with Crippen LogP contribution >= 0.6 is 15.9 Å². The Morgan fingerprint density at radius 3 is 2.91 bits per heavy atom. The summed E-state index contributed by atoms with van der Waals surface area (Å²) in [6.45, 7) is 6.68. The molecule has 124 valence electrons. The molecule has 23 heavy (non-hydrogen) atoms. The van der Waals surface area contributed by atoms with Crippen molar-refractivity contribution < 1.29 is 4.55 Å². The molecule has 1 aliphatic rings. The molecule has 2 N–H and O–H groups in total. The van der Waals surface area contributed by atoms with Gasteiger partial charge in [0, 0.05) is 34.4 Å². The highest BCUT2D eigenvalue weighted by atomic mass is 79.9. The van der Waals surface area contributed by atoms with Gasteiger partial charge in [0.05, 0.1) is 11.4 Å². The highest BCUT2D eigenvalue weighted by Gasteiger charge is 2.35. The zero-order chi connectivity index (χ0) is 16.8. The highest BCUT2D eigenvalue weighted by Crippen LogP contribution is 2.36. The number of hydrogen-bond donors (Lipinski definition) is 1. The van der Waals surface area contributed by atoms with Crippen molar-refractivity contribution in [3.05, 3.63) is 33.9 Å². The van der Waals surface area contributed by atoms with Crippen LogP contribution in [0.1, 0.15) is 31.5 Å². The van der Waals surface area contributed by atoms with Gasteiger partial charge in [0.25, 0.3) is 0 Å². The lowest BCUT2D eigenvalue weighted by molar-refractivity contribution is 0.355. The molecule has 2 atom stereocenters. The molecule has 7 heteroatoms. The maximum absolute atomic E-state index is 11.8. The van der Waals surface area contributed by atoms with Gasteiger partial charge in [0.1, 0.15) is 4.75 Å². The molecule has 0 bridgehead atoms. The SMILES string of the molecule is Cc1nnn2c1-c1ccc(Br)cc1CC(CC(C)(C)[S+](N)[O-])C2. The summed E-state index contributed by atoms with van der Waals surface area (Å²) in [5.41, 5.74) is 4.48. The van der Waals surface area contributed by atoms with Crippen LogP contribution in [0.4, 0.5) is 0 Å². The number of aryl methyl sites for hydroxylation is 1. The number of rotatable bonds is 3. The predicted octanol–water partition coefficient (Wildman–Crippen LogP) is 2.98. The molecule has 5 nitrogen and oxygen atoms in total. The molecule has 1 aliphatic heterocycles. The third-order valence-electron chi connectivity index (χ3n) is 4.49. The van der Waals surface area contributed by atoms with Crippen molar-refractivity contribution >= 4 is 27.3 Å². The molecule has 1 aromatic heterocycles. The Morgan fingerprint density at radius 2 is 2.22 bits per heavy atom. The summed E-state index contributed by atoms with van der Waals surface area (Å²) in [7, 11) is 0. The van der Waals surface area contributed by atoms with Crippen molar-refractivity contribution in [2.45, 2.75) is 44.9 Å². The Hall–Kier alpha value is -0.890. The molecule has 3 rings (SSSR count). The number of aromatic nitrogens is 3. The van der Waals surface area contributed by atoms with Gasteiger partial charge in [-0.3, -0.25) is 0 Å². The van der Waals surface area contributed by atoms with Crippen molar-refractivity contribution in [3.63, 3.8) is 0 Å². The lowest BCUT2D eigenvalue weighted by Crippen LogP contribution is -2.40. The van der Waals surface area contributed by atoms with Crippen LogP contribution in [0.25, 0.3) is 11.3 Å². The number of halogens is 1. The first-order valence-corrected chi connectivity index (χ1v) is 9.63. The van der Waals surface area contributed by atoms with Crippen LogP contribution in [0.3, 0.4) is 0 Å². The standard InChI is InChI=1S/C16H21BrN4OS/c1-10-15-14-5-4-13(17)7-12(14)6-11(9-21(15)20-19-10)8-16(2,3)23(18)22/h4-5,7,11H,6,8-9,18H2,1-3H3. The van der Waals surface area contributed by atoms with Gasteiger partial charge in [-0.15, -0.1) is 5.10 Å². The van der Waals surface area contributed by atoms with Crippen LogP contribution in [0, 0.1) is 12.8 Å². The van der Waals surface area contributed by atoms with E-state index in [9.17, 15) is 4.55 Å². The zero-order valence-electron chi connectivity index (χ0n) is 13.5. The monoisotopic (exact) mass is 396 g/mol. The average Bonchev–Trinajstić information content (AvgIpc) is 2.72. The summed E-state index contributed by atoms with van der Waals surface area (Å²) < 4.78 is 14.4. The second kappa shape index (κ2) is 6.20. The summed E-state index contributed by atoms with van der Waals surface area (Å²) in [4.78, 5) is 0. The minimum absolute atomic E-state index is 0.313. The normalized spacial score (nSPS) is 19.0. The molecule has 2 aromatic rings. The van der Waals surface area contributed by atoms with Gasteiger partial charge in [0.15, 0.2) is 0 Å². The lowest BCUT2D eigenvalue weighted by Gasteiger charge is -2.28. The number of benzene rings is 1. The number of fused-ring (bicyclic) bond motifs is 3. The fourth-order valence-corrected chi connectivity index (χ4v) is 4.17. The van der Waals surface area contributed by atoms with Crippen LogP contribution in [0.15, 0.2) is 22.7 Å². The molecule has 0 amide bonds. The first-order chi connectivity index (χ1) is 10.8. The summed E-state index contributed by atoms with van der Waals surface area (Å²) in [6.07, 6.45) is 1.69. The molecule has 2 heterocycles. The fraction of sp³-hybridized carbons (Fsp3) is 0.500. The first kappa shape index (κ1) is 17.0. The minimum atomic E-state index is -1.35. The van der Waals surface area contributed by atoms with Crippen LogP contribution in [-0.2, 0) is 24.3 Å². The predicted molar refractivity (Wildman–Crippen MR) is 96.1 cm³/mol. The van der Waals surface area contributed by atoms with E-state index in [1.807, 2.05) is 25.5 Å². The van der Waals surface area contributed by atoms with Crippen molar-refractivity contribution in [3.8, 4) is 11.3 Å². The molecule has 0 aliphatic carbocycles. The van der Waals surface area contributed by atoms with Crippen LogP contribution in [0.2, 0.25) is 0 Å². The van der Waals surface area contributed by atoms with Crippen LogP contribution in [0.5, 0.6) is 0 Å². The second-order valence-corrected chi connectivity index (χ2v) is 9.45. The van der Waals surface area contributed by atoms with Crippen LogP contribution in [-0.4, -0.2) is 24.3 Å². The Kier molecular flexibility index (Phi) is 4.57. The van der Waals surface area contributed by atoms with E-state index in [1.54, 1.807) is 0 Å². The van der Waals surface area contributed by atoms with E-state index in [0.29, 0.717) is 5.92 Å². The topological polar surface area (TPSA) is 79.8 Å². The fourth-order valence-electron chi connectivity index (χ4n) is 3.36. The van der Waals surface area contributed by atoms with Crippen molar-refractivity contribution in [2.24, 2.45) is 11.1 Å². The largest absolute Gasteiger partial charge is 0.598 e. The molecule has 1 aromatic carbocycles. The summed E-state index contributed by atoms with van der Waals surface area (Å²) in [5, 5.41) is 14.2. The summed E-state index contributed by atoms with van der Waals surface area (Å²) >= 11 is 2.21. The quantitative estimate of drug-likeness (QED) is 0.808. The highest BCUT2D eigenvalue weighted by molar-refractivity contribution is 9.10. The Labute approximate surface area is 148 Å². The maximum Gasteiger partial charge on any atom is 0.139 e. The average molecular weight is 397 g/mol. The van der Waals surface area contributed by atoms with E-state index in [-0.39, 0.29) is 0 Å².